The Morgan fingerprint density at radius 2 is 1.90 bits per heavy atom. The maximum atomic E-state index is 13.6. The second kappa shape index (κ2) is 9.11. The molecule has 0 aliphatic carbocycles. The van der Waals surface area contributed by atoms with Crippen LogP contribution in [0.4, 0.5) is 5.69 Å². The first-order valence-corrected chi connectivity index (χ1v) is 11.3. The van der Waals surface area contributed by atoms with Crippen LogP contribution in [0.25, 0.3) is 6.08 Å². The van der Waals surface area contributed by atoms with E-state index in [0.29, 0.717) is 5.56 Å². The Bertz CT molecular complexity index is 1000. The van der Waals surface area contributed by atoms with Gasteiger partial charge >= 0.3 is 5.97 Å². The fourth-order valence-corrected chi connectivity index (χ4v) is 5.24. The second-order valence-electron chi connectivity index (χ2n) is 7.40. The zero-order valence-electron chi connectivity index (χ0n) is 17.6. The van der Waals surface area contributed by atoms with Crippen molar-refractivity contribution >= 4 is 39.1 Å². The van der Waals surface area contributed by atoms with Crippen LogP contribution in [0.3, 0.4) is 0 Å². The third kappa shape index (κ3) is 4.88. The Morgan fingerprint density at radius 1 is 1.21 bits per heavy atom. The molecule has 0 spiro atoms. The summed E-state index contributed by atoms with van der Waals surface area (Å²) in [5.74, 6) is -0.594. The molecule has 0 aliphatic rings. The summed E-state index contributed by atoms with van der Waals surface area (Å²) in [5.41, 5.74) is 1.70. The van der Waals surface area contributed by atoms with Crippen molar-refractivity contribution in [2.45, 2.75) is 38.0 Å². The van der Waals surface area contributed by atoms with Crippen molar-refractivity contribution in [2.24, 2.45) is 0 Å². The molecule has 0 aliphatic heterocycles. The standard InChI is InChI=1S/C21H27NO5S2/c1-7-8-15-13-16(21(2,3)4)9-10-18(15)29(24,25)22(14-26-5)17-11-12-28-19(17)20(23)27-6/h7-13H,14H2,1-6H3. The minimum absolute atomic E-state index is 0.129. The third-order valence-electron chi connectivity index (χ3n) is 4.32. The van der Waals surface area contributed by atoms with E-state index in [1.54, 1.807) is 29.7 Å². The number of hydrogen-bond acceptors (Lipinski definition) is 6. The van der Waals surface area contributed by atoms with E-state index in [0.717, 1.165) is 21.2 Å². The highest BCUT2D eigenvalue weighted by Gasteiger charge is 2.31. The number of esters is 1. The number of anilines is 1. The number of carbonyl (C=O) groups excluding carboxylic acids is 1. The number of rotatable bonds is 7. The molecule has 0 fully saturated rings. The number of methoxy groups -OCH3 is 2. The van der Waals surface area contributed by atoms with Crippen molar-refractivity contribution in [3.8, 4) is 0 Å². The fourth-order valence-electron chi connectivity index (χ4n) is 2.81. The van der Waals surface area contributed by atoms with Gasteiger partial charge in [-0.3, -0.25) is 0 Å². The Kier molecular flexibility index (Phi) is 7.26. The van der Waals surface area contributed by atoms with Crippen LogP contribution in [0.15, 0.2) is 40.6 Å². The Hall–Kier alpha value is -2.16. The van der Waals surface area contributed by atoms with Crippen molar-refractivity contribution < 1.29 is 22.7 Å². The molecule has 0 N–H and O–H groups in total. The van der Waals surface area contributed by atoms with E-state index >= 15 is 0 Å². The zero-order chi connectivity index (χ0) is 21.8. The summed E-state index contributed by atoms with van der Waals surface area (Å²) < 4.78 is 38.3. The van der Waals surface area contributed by atoms with Crippen LogP contribution in [0, 0.1) is 0 Å². The lowest BCUT2D eigenvalue weighted by Crippen LogP contribution is -2.34. The molecule has 8 heteroatoms. The topological polar surface area (TPSA) is 72.9 Å². The number of benzene rings is 1. The molecule has 0 unspecified atom stereocenters. The molecule has 1 aromatic carbocycles. The maximum Gasteiger partial charge on any atom is 0.350 e. The predicted octanol–water partition coefficient (Wildman–Crippen LogP) is 4.66. The molecule has 2 aromatic rings. The average Bonchev–Trinajstić information content (AvgIpc) is 3.13. The van der Waals surface area contributed by atoms with E-state index in [1.165, 1.54) is 14.2 Å². The van der Waals surface area contributed by atoms with Gasteiger partial charge < -0.3 is 9.47 Å². The van der Waals surface area contributed by atoms with Crippen LogP contribution in [0.1, 0.15) is 48.5 Å². The van der Waals surface area contributed by atoms with Crippen molar-refractivity contribution in [2.75, 3.05) is 25.3 Å². The quantitative estimate of drug-likeness (QED) is 0.465. The summed E-state index contributed by atoms with van der Waals surface area (Å²) in [6.45, 7) is 7.81. The molecule has 0 atom stereocenters. The lowest BCUT2D eigenvalue weighted by Gasteiger charge is -2.26. The number of sulfonamides is 1. The summed E-state index contributed by atoms with van der Waals surface area (Å²) in [5, 5.41) is 1.65. The lowest BCUT2D eigenvalue weighted by atomic mass is 9.86. The highest BCUT2D eigenvalue weighted by Crippen LogP contribution is 2.34. The largest absolute Gasteiger partial charge is 0.465 e. The minimum Gasteiger partial charge on any atom is -0.465 e. The predicted molar refractivity (Wildman–Crippen MR) is 117 cm³/mol. The zero-order valence-corrected chi connectivity index (χ0v) is 19.2. The second-order valence-corrected chi connectivity index (χ2v) is 10.1. The number of allylic oxidation sites excluding steroid dienone is 1. The van der Waals surface area contributed by atoms with Crippen molar-refractivity contribution in [3.63, 3.8) is 0 Å². The molecule has 29 heavy (non-hydrogen) atoms. The molecule has 0 radical (unpaired) electrons. The van der Waals surface area contributed by atoms with Gasteiger partial charge in [-0.2, -0.15) is 0 Å². The summed E-state index contributed by atoms with van der Waals surface area (Å²) >= 11 is 1.12. The van der Waals surface area contributed by atoms with E-state index in [4.69, 9.17) is 9.47 Å². The molecule has 1 heterocycles. The molecular weight excluding hydrogens is 410 g/mol. The molecule has 6 nitrogen and oxygen atoms in total. The maximum absolute atomic E-state index is 13.6. The molecule has 0 amide bonds. The Morgan fingerprint density at radius 3 is 2.45 bits per heavy atom. The molecule has 0 saturated carbocycles. The molecule has 1 aromatic heterocycles. The van der Waals surface area contributed by atoms with E-state index in [1.807, 2.05) is 19.1 Å². The van der Waals surface area contributed by atoms with Gasteiger partial charge in [-0.05, 0) is 47.0 Å². The molecule has 0 saturated heterocycles. The fraction of sp³-hybridized carbons (Fsp3) is 0.381. The first-order chi connectivity index (χ1) is 13.6. The average molecular weight is 438 g/mol. The highest BCUT2D eigenvalue weighted by atomic mass is 32.2. The van der Waals surface area contributed by atoms with Crippen LogP contribution in [-0.4, -0.2) is 35.3 Å². The van der Waals surface area contributed by atoms with Gasteiger partial charge in [-0.25, -0.2) is 17.5 Å². The smallest absolute Gasteiger partial charge is 0.350 e. The van der Waals surface area contributed by atoms with Gasteiger partial charge in [0.15, 0.2) is 0 Å². The van der Waals surface area contributed by atoms with Gasteiger partial charge in [0.05, 0.1) is 17.7 Å². The molecule has 2 rings (SSSR count). The SMILES string of the molecule is CC=Cc1cc(C(C)(C)C)ccc1S(=O)(=O)N(COC)c1ccsc1C(=O)OC. The van der Waals surface area contributed by atoms with Gasteiger partial charge in [0.2, 0.25) is 0 Å². The van der Waals surface area contributed by atoms with Crippen molar-refractivity contribution in [3.05, 3.63) is 51.7 Å². The van der Waals surface area contributed by atoms with E-state index in [9.17, 15) is 13.2 Å². The van der Waals surface area contributed by atoms with Crippen LogP contribution in [0.5, 0.6) is 0 Å². The number of thiophene rings is 1. The van der Waals surface area contributed by atoms with Gasteiger partial charge in [-0.15, -0.1) is 11.3 Å². The number of nitrogens with zero attached hydrogens (tertiary/aromatic N) is 1. The van der Waals surface area contributed by atoms with Crippen LogP contribution in [-0.2, 0) is 24.9 Å². The number of carbonyl (C=O) groups is 1. The summed E-state index contributed by atoms with van der Waals surface area (Å²) in [6, 6.07) is 6.89. The number of ether oxygens (including phenoxy) is 2. The monoisotopic (exact) mass is 437 g/mol. The van der Waals surface area contributed by atoms with Crippen LogP contribution < -0.4 is 4.31 Å². The van der Waals surface area contributed by atoms with E-state index in [-0.39, 0.29) is 27.6 Å². The van der Waals surface area contributed by atoms with Gasteiger partial charge in [-0.1, -0.05) is 39.0 Å². The highest BCUT2D eigenvalue weighted by molar-refractivity contribution is 7.93. The number of hydrogen-bond donors (Lipinski definition) is 0. The van der Waals surface area contributed by atoms with Crippen LogP contribution >= 0.6 is 11.3 Å². The van der Waals surface area contributed by atoms with Gasteiger partial charge in [0.1, 0.15) is 11.6 Å². The first-order valence-electron chi connectivity index (χ1n) is 9.02. The summed E-state index contributed by atoms with van der Waals surface area (Å²) in [7, 11) is -1.34. The summed E-state index contributed by atoms with van der Waals surface area (Å²) in [6.07, 6.45) is 3.56. The Balaban J connectivity index is 2.68. The molecule has 0 bridgehead atoms. The molecular formula is C21H27NO5S2. The van der Waals surface area contributed by atoms with Crippen molar-refractivity contribution in [1.82, 2.24) is 0 Å². The summed E-state index contributed by atoms with van der Waals surface area (Å²) in [4.78, 5) is 12.4. The Labute approximate surface area is 176 Å². The van der Waals surface area contributed by atoms with Gasteiger partial charge in [0.25, 0.3) is 10.0 Å². The van der Waals surface area contributed by atoms with Crippen LogP contribution in [0.2, 0.25) is 0 Å². The van der Waals surface area contributed by atoms with Crippen molar-refractivity contribution in [1.29, 1.82) is 0 Å². The third-order valence-corrected chi connectivity index (χ3v) is 7.01. The van der Waals surface area contributed by atoms with Gasteiger partial charge in [0, 0.05) is 7.11 Å². The molecule has 158 valence electrons. The van der Waals surface area contributed by atoms with E-state index < -0.39 is 16.0 Å². The van der Waals surface area contributed by atoms with E-state index in [2.05, 4.69) is 20.8 Å². The normalized spacial score (nSPS) is 12.3. The minimum atomic E-state index is -4.01. The first kappa shape index (κ1) is 23.1. The lowest BCUT2D eigenvalue weighted by molar-refractivity contribution is 0.0607.